The number of aliphatic hydroxyl groups is 8. The normalized spacial score (nSPS) is 30.1. The zero-order valence-electron chi connectivity index (χ0n) is 46.6. The average Bonchev–Trinajstić information content (AvgIpc) is 1.55. The number of allylic oxidation sites excluding steroid dienone is 5. The van der Waals surface area contributed by atoms with Crippen molar-refractivity contribution in [3.8, 4) is 0 Å². The first kappa shape index (κ1) is 66.9. The maximum atomic E-state index is 17.5. The smallest absolute Gasteiger partial charge is 0.200 e. The number of benzene rings is 4. The van der Waals surface area contributed by atoms with E-state index in [4.69, 9.17) is 9.47 Å². The molecule has 12 rings (SSSR count). The van der Waals surface area contributed by atoms with Crippen molar-refractivity contribution < 1.29 is 129 Å². The molecule has 8 bridgehead atoms. The molecule has 1 aromatic heterocycles. The van der Waals surface area contributed by atoms with E-state index in [0.29, 0.717) is 36.4 Å². The highest BCUT2D eigenvalue weighted by Crippen LogP contribution is 2.51. The van der Waals surface area contributed by atoms with Gasteiger partial charge in [0.05, 0.1) is 74.1 Å². The first-order valence-corrected chi connectivity index (χ1v) is 29.1. The van der Waals surface area contributed by atoms with Gasteiger partial charge in [0.2, 0.25) is 11.6 Å². The van der Waals surface area contributed by atoms with Crippen molar-refractivity contribution in [3.63, 3.8) is 0 Å². The molecular formula is C59H39F18N5O10S2. The molecule has 35 heteroatoms. The summed E-state index contributed by atoms with van der Waals surface area (Å²) >= 11 is -0.655. The SMILES string of the molecule is CN1CC2C3=N/C(=C(/c4c(F)c(F)c(S[C@@H]5O[C@H](CO)[C@@H](O)[C@H](O)[C@H]5O)c(F)c4F)C4=N/C(=C(\c5c(F)c(F)c(F)c(F)c5F)c5ccc([nH]5)/C(c5c(F)c(F)c(S[C@@H]6O[C@H](CO)[C@@H](O)[C@H](O)[C@H]6O)c(F)c5F)=C5\C=CC(=N5)C3c3c(F)c(F)c(F)c(F)c3F)C=C4)C2C1. The summed E-state index contributed by atoms with van der Waals surface area (Å²) in [6.07, 6.45) is -14.0. The number of ether oxygens (including phenoxy) is 2. The maximum absolute atomic E-state index is 17.5. The first-order chi connectivity index (χ1) is 44.4. The van der Waals surface area contributed by atoms with Crippen LogP contribution in [0.3, 0.4) is 0 Å². The second kappa shape index (κ2) is 24.8. The number of nitrogens with zero attached hydrogens (tertiary/aromatic N) is 4. The quantitative estimate of drug-likeness (QED) is 0.0371. The number of halogens is 18. The molecule has 7 aliphatic rings. The molecule has 3 fully saturated rings. The van der Waals surface area contributed by atoms with E-state index >= 15 is 70.2 Å². The monoisotopic (exact) mass is 1380 g/mol. The molecule has 94 heavy (non-hydrogen) atoms. The highest BCUT2D eigenvalue weighted by atomic mass is 32.2. The first-order valence-electron chi connectivity index (χ1n) is 27.4. The van der Waals surface area contributed by atoms with Crippen LogP contribution in [0.1, 0.15) is 39.6 Å². The van der Waals surface area contributed by atoms with Crippen LogP contribution in [0.15, 0.2) is 78.3 Å². The molecule has 7 aliphatic heterocycles. The number of H-pyrrole nitrogens is 1. The Kier molecular flexibility index (Phi) is 17.7. The average molecular weight is 1380 g/mol. The van der Waals surface area contributed by atoms with Crippen molar-refractivity contribution >= 4 is 57.4 Å². The number of rotatable bonds is 10. The van der Waals surface area contributed by atoms with Gasteiger partial charge < -0.3 is 60.2 Å². The summed E-state index contributed by atoms with van der Waals surface area (Å²) in [4.78, 5) is 13.3. The highest BCUT2D eigenvalue weighted by Gasteiger charge is 2.52. The van der Waals surface area contributed by atoms with E-state index in [2.05, 4.69) is 20.0 Å². The minimum absolute atomic E-state index is 0.323. The molecule has 0 saturated carbocycles. The van der Waals surface area contributed by atoms with Crippen molar-refractivity contribution in [2.75, 3.05) is 33.4 Å². The molecule has 498 valence electrons. The number of aromatic amines is 1. The van der Waals surface area contributed by atoms with Gasteiger partial charge in [0.1, 0.15) is 59.7 Å². The Labute approximate surface area is 522 Å². The van der Waals surface area contributed by atoms with E-state index in [9.17, 15) is 49.6 Å². The van der Waals surface area contributed by atoms with Gasteiger partial charge in [-0.1, -0.05) is 23.5 Å². The molecule has 15 nitrogen and oxygen atoms in total. The van der Waals surface area contributed by atoms with Gasteiger partial charge in [0, 0.05) is 64.3 Å². The molecule has 0 aliphatic carbocycles. The summed E-state index contributed by atoms with van der Waals surface area (Å²) in [5.41, 5.74) is -23.1. The minimum atomic E-state index is -2.75. The van der Waals surface area contributed by atoms with Gasteiger partial charge >= 0.3 is 0 Å². The number of aromatic nitrogens is 1. The number of aliphatic imine (C=N–C) groups is 3. The topological polar surface area (TPSA) is 236 Å². The van der Waals surface area contributed by atoms with E-state index in [1.165, 1.54) is 11.9 Å². The number of thioether (sulfide) groups is 2. The van der Waals surface area contributed by atoms with Crippen LogP contribution in [0.5, 0.6) is 0 Å². The van der Waals surface area contributed by atoms with E-state index in [0.717, 1.165) is 0 Å². The lowest BCUT2D eigenvalue weighted by atomic mass is 9.79. The van der Waals surface area contributed by atoms with Crippen LogP contribution in [0.25, 0.3) is 16.7 Å². The Morgan fingerprint density at radius 2 is 0.830 bits per heavy atom. The predicted molar refractivity (Wildman–Crippen MR) is 292 cm³/mol. The van der Waals surface area contributed by atoms with Crippen LogP contribution < -0.4 is 0 Å². The lowest BCUT2D eigenvalue weighted by Gasteiger charge is -2.39. The second-order valence-electron chi connectivity index (χ2n) is 22.1. The standard InChI is InChI=1S/C59H39F18N5O10S2/c1-82-8-12-13(9-82)49-25(29-36(66)46(76)57(47(77)37(29)67)94-59-55(90)53(88)51(86)21(11-84)92-59)19-7-4-16(79-19)22(26-30(60)38(68)42(72)39(69)31(26)61)14-2-3-15(78-14)23(17-5-6-18(80-17)24(48(12)81-49)28-32(62)40(70)43(73)41(71)33(28)63)27-34(64)44(74)56(45(75)35(27)65)93-58-54(89)52(87)50(85)20(10-83)91-58/h2-7,12-13,20-21,24,50-55,58-59,78,83-90H,8-11H2,1H3/b22-16-,23-17-,49-25+/t12?,13?,20-,21-,24?,50-,51-,52+,53+,54-,55-,58+,59+/m1/s1. The summed E-state index contributed by atoms with van der Waals surface area (Å²) in [6, 6.07) is 1.29. The number of fused-ring (bicyclic) bond motifs is 8. The van der Waals surface area contributed by atoms with Gasteiger partial charge in [-0.25, -0.2) is 84.0 Å². The van der Waals surface area contributed by atoms with Crippen molar-refractivity contribution in [2.45, 2.75) is 75.4 Å². The third kappa shape index (κ3) is 10.4. The predicted octanol–water partition coefficient (Wildman–Crippen LogP) is 7.68. The fraction of sp³-hybridized carbons (Fsp3) is 0.305. The minimum Gasteiger partial charge on any atom is -0.394 e. The Balaban J connectivity index is 1.17. The zero-order valence-corrected chi connectivity index (χ0v) is 48.2. The number of likely N-dealkylation sites (tertiary alicyclic amines) is 1. The molecule has 5 aromatic rings. The molecule has 0 amide bonds. The summed E-state index contributed by atoms with van der Waals surface area (Å²) in [5.74, 6) is -51.4. The van der Waals surface area contributed by atoms with Gasteiger partial charge in [-0.2, -0.15) is 0 Å². The molecular weight excluding hydrogens is 1340 g/mol. The lowest BCUT2D eigenvalue weighted by molar-refractivity contribution is -0.205. The fourth-order valence-corrected chi connectivity index (χ4v) is 14.4. The number of hydrogen-bond donors (Lipinski definition) is 9. The fourth-order valence-electron chi connectivity index (χ4n) is 12.2. The van der Waals surface area contributed by atoms with Crippen molar-refractivity contribution in [2.24, 2.45) is 26.8 Å². The van der Waals surface area contributed by atoms with Gasteiger partial charge in [-0.15, -0.1) is 0 Å². The molecule has 13 atom stereocenters. The summed E-state index contributed by atoms with van der Waals surface area (Å²) < 4.78 is 306. The molecule has 0 radical (unpaired) electrons. The summed E-state index contributed by atoms with van der Waals surface area (Å²) in [6.45, 7) is -3.08. The van der Waals surface area contributed by atoms with Gasteiger partial charge in [0.25, 0.3) is 0 Å². The Morgan fingerprint density at radius 1 is 0.447 bits per heavy atom. The number of hydrogen-bond acceptors (Lipinski definition) is 16. The molecule has 3 unspecified atom stereocenters. The Morgan fingerprint density at radius 3 is 1.28 bits per heavy atom. The highest BCUT2D eigenvalue weighted by molar-refractivity contribution is 8.00. The van der Waals surface area contributed by atoms with Crippen LogP contribution in [-0.2, 0) is 9.47 Å². The molecule has 3 saturated heterocycles. The van der Waals surface area contributed by atoms with Crippen molar-refractivity contribution in [1.29, 1.82) is 0 Å². The van der Waals surface area contributed by atoms with Crippen LogP contribution in [0.2, 0.25) is 0 Å². The van der Waals surface area contributed by atoms with E-state index < -0.39 is 303 Å². The molecule has 9 N–H and O–H groups in total. The van der Waals surface area contributed by atoms with E-state index in [1.807, 2.05) is 0 Å². The maximum Gasteiger partial charge on any atom is 0.200 e. The number of nitrogens with one attached hydrogen (secondary N) is 1. The third-order valence-electron chi connectivity index (χ3n) is 16.7. The molecule has 8 heterocycles. The third-order valence-corrected chi connectivity index (χ3v) is 19.2. The van der Waals surface area contributed by atoms with E-state index in [1.54, 1.807) is 0 Å². The Hall–Kier alpha value is -7.13. The van der Waals surface area contributed by atoms with Crippen LogP contribution in [0, 0.1) is 117 Å². The molecule has 0 spiro atoms. The van der Waals surface area contributed by atoms with Gasteiger partial charge in [-0.3, -0.25) is 9.98 Å². The summed E-state index contributed by atoms with van der Waals surface area (Å²) in [7, 11) is 1.34. The van der Waals surface area contributed by atoms with Crippen LogP contribution in [-0.4, -0.2) is 161 Å². The van der Waals surface area contributed by atoms with Crippen molar-refractivity contribution in [1.82, 2.24) is 9.88 Å². The second-order valence-corrected chi connectivity index (χ2v) is 24.4. The number of aliphatic hydroxyl groups excluding tert-OH is 8. The van der Waals surface area contributed by atoms with Gasteiger partial charge in [-0.05, 0) is 43.5 Å². The molecule has 4 aromatic carbocycles. The lowest BCUT2D eigenvalue weighted by Crippen LogP contribution is -2.57. The van der Waals surface area contributed by atoms with E-state index in [-0.39, 0.29) is 23.5 Å². The summed E-state index contributed by atoms with van der Waals surface area (Å²) in [5, 5.41) is 82.2. The largest absolute Gasteiger partial charge is 0.394 e. The van der Waals surface area contributed by atoms with Crippen LogP contribution in [0.4, 0.5) is 79.0 Å². The zero-order chi connectivity index (χ0) is 68.0. The van der Waals surface area contributed by atoms with Crippen LogP contribution >= 0.6 is 23.5 Å². The van der Waals surface area contributed by atoms with Gasteiger partial charge in [0.15, 0.2) is 93.1 Å². The Bertz CT molecular complexity index is 4250. The van der Waals surface area contributed by atoms with Crippen molar-refractivity contribution in [3.05, 3.63) is 192 Å².